The van der Waals surface area contributed by atoms with Gasteiger partial charge >= 0.3 is 5.97 Å². The number of likely N-dealkylation sites (N-methyl/N-ethyl adjacent to an activating group) is 1. The van der Waals surface area contributed by atoms with E-state index in [9.17, 15) is 9.59 Å². The number of ether oxygens (including phenoxy) is 2. The molecule has 0 N–H and O–H groups in total. The van der Waals surface area contributed by atoms with E-state index in [2.05, 4.69) is 0 Å². The highest BCUT2D eigenvalue weighted by Gasteiger charge is 2.11. The number of carbonyl (C=O) groups excluding carboxylic acids is 2. The fourth-order valence-electron chi connectivity index (χ4n) is 1.10. The molecule has 0 saturated carbocycles. The summed E-state index contributed by atoms with van der Waals surface area (Å²) in [5.74, 6) is -0.387. The van der Waals surface area contributed by atoms with E-state index in [4.69, 9.17) is 9.47 Å². The maximum atomic E-state index is 11.5. The van der Waals surface area contributed by atoms with Gasteiger partial charge in [0.1, 0.15) is 0 Å². The minimum absolute atomic E-state index is 0.0623. The molecular weight excluding hydrogens is 210 g/mol. The van der Waals surface area contributed by atoms with Gasteiger partial charge in [-0.3, -0.25) is 9.59 Å². The summed E-state index contributed by atoms with van der Waals surface area (Å²) in [4.78, 5) is 24.1. The van der Waals surface area contributed by atoms with Gasteiger partial charge in [-0.1, -0.05) is 0 Å². The van der Waals surface area contributed by atoms with Crippen LogP contribution in [-0.4, -0.2) is 50.2 Å². The largest absolute Gasteiger partial charge is 0.466 e. The zero-order valence-electron chi connectivity index (χ0n) is 10.3. The average molecular weight is 231 g/mol. The third-order valence-corrected chi connectivity index (χ3v) is 2.05. The van der Waals surface area contributed by atoms with Crippen molar-refractivity contribution in [3.05, 3.63) is 0 Å². The second-order valence-electron chi connectivity index (χ2n) is 3.32. The minimum Gasteiger partial charge on any atom is -0.466 e. The lowest BCUT2D eigenvalue weighted by Crippen LogP contribution is -2.30. The van der Waals surface area contributed by atoms with Crippen LogP contribution in [0.5, 0.6) is 0 Å². The molecule has 0 aliphatic carbocycles. The predicted molar refractivity (Wildman–Crippen MR) is 60.0 cm³/mol. The third kappa shape index (κ3) is 7.23. The first-order valence-electron chi connectivity index (χ1n) is 5.59. The number of nitrogens with zero attached hydrogens (tertiary/aromatic N) is 1. The smallest absolute Gasteiger partial charge is 0.306 e. The molecule has 0 aromatic rings. The minimum atomic E-state index is -0.325. The first-order chi connectivity index (χ1) is 7.61. The van der Waals surface area contributed by atoms with Crippen LogP contribution in [0.3, 0.4) is 0 Å². The van der Waals surface area contributed by atoms with Crippen molar-refractivity contribution in [1.82, 2.24) is 4.90 Å². The summed E-state index contributed by atoms with van der Waals surface area (Å²) in [7, 11) is 1.70. The lowest BCUT2D eigenvalue weighted by Gasteiger charge is -2.16. The average Bonchev–Trinajstić information content (AvgIpc) is 2.26. The summed E-state index contributed by atoms with van der Waals surface area (Å²) < 4.78 is 9.87. The standard InChI is InChI=1S/C11H21NO4/c1-4-15-9-8-12(3)10(13)6-7-11(14)16-5-2/h4-9H2,1-3H3. The lowest BCUT2D eigenvalue weighted by atomic mass is 10.3. The van der Waals surface area contributed by atoms with Crippen LogP contribution in [0.1, 0.15) is 26.7 Å². The van der Waals surface area contributed by atoms with E-state index < -0.39 is 0 Å². The van der Waals surface area contributed by atoms with Gasteiger partial charge in [0, 0.05) is 26.6 Å². The molecule has 5 heteroatoms. The monoisotopic (exact) mass is 231 g/mol. The molecule has 16 heavy (non-hydrogen) atoms. The second kappa shape index (κ2) is 9.15. The fraction of sp³-hybridized carbons (Fsp3) is 0.818. The van der Waals surface area contributed by atoms with Crippen LogP contribution in [-0.2, 0) is 19.1 Å². The Bertz CT molecular complexity index is 218. The van der Waals surface area contributed by atoms with Crippen LogP contribution in [0.2, 0.25) is 0 Å². The molecule has 0 aromatic heterocycles. The van der Waals surface area contributed by atoms with Crippen LogP contribution in [0, 0.1) is 0 Å². The highest BCUT2D eigenvalue weighted by molar-refractivity contribution is 5.81. The van der Waals surface area contributed by atoms with Crippen molar-refractivity contribution < 1.29 is 19.1 Å². The second-order valence-corrected chi connectivity index (χ2v) is 3.32. The number of esters is 1. The topological polar surface area (TPSA) is 55.8 Å². The van der Waals surface area contributed by atoms with Gasteiger partial charge in [-0.15, -0.1) is 0 Å². The molecule has 5 nitrogen and oxygen atoms in total. The lowest BCUT2D eigenvalue weighted by molar-refractivity contribution is -0.145. The Morgan fingerprint density at radius 2 is 1.81 bits per heavy atom. The van der Waals surface area contributed by atoms with Gasteiger partial charge < -0.3 is 14.4 Å². The van der Waals surface area contributed by atoms with Gasteiger partial charge in [0.25, 0.3) is 0 Å². The van der Waals surface area contributed by atoms with Crippen LogP contribution < -0.4 is 0 Å². The Labute approximate surface area is 96.7 Å². The number of amides is 1. The quantitative estimate of drug-likeness (QED) is 0.458. The van der Waals surface area contributed by atoms with Gasteiger partial charge in [-0.25, -0.2) is 0 Å². The zero-order valence-corrected chi connectivity index (χ0v) is 10.3. The van der Waals surface area contributed by atoms with Crippen molar-refractivity contribution in [3.63, 3.8) is 0 Å². The van der Waals surface area contributed by atoms with Crippen LogP contribution in [0.25, 0.3) is 0 Å². The summed E-state index contributed by atoms with van der Waals surface area (Å²) in [5, 5.41) is 0. The van der Waals surface area contributed by atoms with Gasteiger partial charge in [0.05, 0.1) is 19.6 Å². The third-order valence-electron chi connectivity index (χ3n) is 2.05. The molecule has 1 amide bonds. The number of rotatable bonds is 8. The summed E-state index contributed by atoms with van der Waals surface area (Å²) in [6.07, 6.45) is 0.340. The van der Waals surface area contributed by atoms with Gasteiger partial charge in [0.15, 0.2) is 0 Å². The van der Waals surface area contributed by atoms with Crippen molar-refractivity contribution in [1.29, 1.82) is 0 Å². The van der Waals surface area contributed by atoms with Crippen molar-refractivity contribution in [2.24, 2.45) is 0 Å². The van der Waals surface area contributed by atoms with Crippen LogP contribution >= 0.6 is 0 Å². The van der Waals surface area contributed by atoms with Crippen LogP contribution in [0.4, 0.5) is 0 Å². The summed E-state index contributed by atoms with van der Waals surface area (Å²) >= 11 is 0. The highest BCUT2D eigenvalue weighted by atomic mass is 16.5. The first-order valence-corrected chi connectivity index (χ1v) is 5.59. The molecule has 0 unspecified atom stereocenters. The molecule has 0 aliphatic rings. The Morgan fingerprint density at radius 1 is 1.12 bits per heavy atom. The highest BCUT2D eigenvalue weighted by Crippen LogP contribution is 1.98. The molecule has 0 radical (unpaired) electrons. The van der Waals surface area contributed by atoms with E-state index in [-0.39, 0.29) is 24.7 Å². The molecule has 0 aromatic carbocycles. The van der Waals surface area contributed by atoms with E-state index in [1.165, 1.54) is 0 Å². The van der Waals surface area contributed by atoms with Gasteiger partial charge in [0.2, 0.25) is 5.91 Å². The Morgan fingerprint density at radius 3 is 2.38 bits per heavy atom. The zero-order chi connectivity index (χ0) is 12.4. The molecule has 0 atom stereocenters. The van der Waals surface area contributed by atoms with Crippen molar-refractivity contribution in [2.45, 2.75) is 26.7 Å². The molecule has 0 rings (SSSR count). The molecule has 94 valence electrons. The van der Waals surface area contributed by atoms with Gasteiger partial charge in [-0.05, 0) is 13.8 Å². The molecule has 0 fully saturated rings. The molecule has 0 aliphatic heterocycles. The summed E-state index contributed by atoms with van der Waals surface area (Å²) in [6, 6.07) is 0. The van der Waals surface area contributed by atoms with Gasteiger partial charge in [-0.2, -0.15) is 0 Å². The van der Waals surface area contributed by atoms with Crippen molar-refractivity contribution >= 4 is 11.9 Å². The van der Waals surface area contributed by atoms with E-state index in [1.807, 2.05) is 6.92 Å². The maximum absolute atomic E-state index is 11.5. The van der Waals surface area contributed by atoms with Crippen molar-refractivity contribution in [2.75, 3.05) is 33.4 Å². The van der Waals surface area contributed by atoms with Crippen LogP contribution in [0.15, 0.2) is 0 Å². The Hall–Kier alpha value is -1.10. The molecule has 0 bridgehead atoms. The first kappa shape index (κ1) is 14.9. The molecule has 0 saturated heterocycles. The fourth-order valence-corrected chi connectivity index (χ4v) is 1.10. The summed E-state index contributed by atoms with van der Waals surface area (Å²) in [6.45, 7) is 5.72. The number of hydrogen-bond acceptors (Lipinski definition) is 4. The number of carbonyl (C=O) groups is 2. The van der Waals surface area contributed by atoms with E-state index >= 15 is 0 Å². The van der Waals surface area contributed by atoms with E-state index in [0.717, 1.165) is 0 Å². The predicted octanol–water partition coefficient (Wildman–Crippen LogP) is 0.825. The van der Waals surface area contributed by atoms with E-state index in [0.29, 0.717) is 26.4 Å². The SMILES string of the molecule is CCOCCN(C)C(=O)CCC(=O)OCC. The molecule has 0 heterocycles. The van der Waals surface area contributed by atoms with Crippen molar-refractivity contribution in [3.8, 4) is 0 Å². The maximum Gasteiger partial charge on any atom is 0.306 e. The Balaban J connectivity index is 3.66. The Kier molecular flexibility index (Phi) is 8.52. The number of hydrogen-bond donors (Lipinski definition) is 0. The van der Waals surface area contributed by atoms with E-state index in [1.54, 1.807) is 18.9 Å². The summed E-state index contributed by atoms with van der Waals surface area (Å²) in [5.41, 5.74) is 0. The molecule has 0 spiro atoms. The molecular formula is C11H21NO4. The normalized spacial score (nSPS) is 9.94.